The SMILES string of the molecule is O=C(CCc1ccc(Cl)cc1)NCC1CCCc2[nH]cnc21. The predicted molar refractivity (Wildman–Crippen MR) is 87.0 cm³/mol. The highest BCUT2D eigenvalue weighted by Crippen LogP contribution is 2.28. The Hall–Kier alpha value is -1.81. The summed E-state index contributed by atoms with van der Waals surface area (Å²) in [5.41, 5.74) is 3.49. The van der Waals surface area contributed by atoms with E-state index in [2.05, 4.69) is 15.3 Å². The number of fused-ring (bicyclic) bond motifs is 1. The molecule has 1 aromatic carbocycles. The van der Waals surface area contributed by atoms with Crippen molar-refractivity contribution in [2.75, 3.05) is 6.54 Å². The van der Waals surface area contributed by atoms with E-state index in [0.29, 0.717) is 18.9 Å². The number of aromatic amines is 1. The highest BCUT2D eigenvalue weighted by Gasteiger charge is 2.22. The Morgan fingerprint density at radius 1 is 1.36 bits per heavy atom. The number of H-pyrrole nitrogens is 1. The van der Waals surface area contributed by atoms with Crippen molar-refractivity contribution in [3.8, 4) is 0 Å². The number of aromatic nitrogens is 2. The van der Waals surface area contributed by atoms with Crippen LogP contribution < -0.4 is 5.32 Å². The molecular formula is C17H20ClN3O. The number of imidazole rings is 1. The van der Waals surface area contributed by atoms with E-state index < -0.39 is 0 Å². The zero-order chi connectivity index (χ0) is 15.4. The van der Waals surface area contributed by atoms with Crippen LogP contribution in [0.15, 0.2) is 30.6 Å². The van der Waals surface area contributed by atoms with Crippen LogP contribution in [0.4, 0.5) is 0 Å². The summed E-state index contributed by atoms with van der Waals surface area (Å²) in [7, 11) is 0. The summed E-state index contributed by atoms with van der Waals surface area (Å²) < 4.78 is 0. The van der Waals surface area contributed by atoms with Gasteiger partial charge in [-0.2, -0.15) is 0 Å². The van der Waals surface area contributed by atoms with Crippen molar-refractivity contribution in [2.24, 2.45) is 0 Å². The minimum atomic E-state index is 0.0950. The number of hydrogen-bond acceptors (Lipinski definition) is 2. The molecule has 4 nitrogen and oxygen atoms in total. The molecule has 1 atom stereocenters. The molecule has 3 rings (SSSR count). The second kappa shape index (κ2) is 6.97. The average molecular weight is 318 g/mol. The molecule has 0 spiro atoms. The summed E-state index contributed by atoms with van der Waals surface area (Å²) in [6.45, 7) is 0.678. The van der Waals surface area contributed by atoms with Crippen LogP contribution in [0, 0.1) is 0 Å². The Labute approximate surface area is 135 Å². The topological polar surface area (TPSA) is 57.8 Å². The molecule has 0 fully saturated rings. The molecule has 2 aromatic rings. The van der Waals surface area contributed by atoms with Crippen molar-refractivity contribution < 1.29 is 4.79 Å². The molecule has 0 saturated heterocycles. The molecule has 1 heterocycles. The highest BCUT2D eigenvalue weighted by atomic mass is 35.5. The zero-order valence-corrected chi connectivity index (χ0v) is 13.2. The number of rotatable bonds is 5. The van der Waals surface area contributed by atoms with Crippen LogP contribution in [0.1, 0.15) is 42.1 Å². The van der Waals surface area contributed by atoms with Crippen LogP contribution in [0.2, 0.25) is 5.02 Å². The van der Waals surface area contributed by atoms with Crippen LogP contribution in [-0.4, -0.2) is 22.4 Å². The van der Waals surface area contributed by atoms with Crippen LogP contribution in [0.5, 0.6) is 0 Å². The van der Waals surface area contributed by atoms with Gasteiger partial charge < -0.3 is 10.3 Å². The average Bonchev–Trinajstić information content (AvgIpc) is 3.01. The predicted octanol–water partition coefficient (Wildman–Crippen LogP) is 3.23. The fourth-order valence-corrected chi connectivity index (χ4v) is 3.10. The molecule has 22 heavy (non-hydrogen) atoms. The van der Waals surface area contributed by atoms with Crippen molar-refractivity contribution in [1.82, 2.24) is 15.3 Å². The second-order valence-electron chi connectivity index (χ2n) is 5.79. The lowest BCUT2D eigenvalue weighted by molar-refractivity contribution is -0.121. The number of carbonyl (C=O) groups excluding carboxylic acids is 1. The maximum atomic E-state index is 12.0. The summed E-state index contributed by atoms with van der Waals surface area (Å²) >= 11 is 5.85. The van der Waals surface area contributed by atoms with Gasteiger partial charge in [0.15, 0.2) is 0 Å². The number of nitrogens with zero attached hydrogens (tertiary/aromatic N) is 1. The molecule has 0 radical (unpaired) electrons. The molecule has 116 valence electrons. The van der Waals surface area contributed by atoms with E-state index >= 15 is 0 Å². The van der Waals surface area contributed by atoms with E-state index in [1.165, 1.54) is 5.69 Å². The van der Waals surface area contributed by atoms with Crippen molar-refractivity contribution in [3.05, 3.63) is 52.6 Å². The lowest BCUT2D eigenvalue weighted by Gasteiger charge is -2.21. The van der Waals surface area contributed by atoms with Gasteiger partial charge >= 0.3 is 0 Å². The molecular weight excluding hydrogens is 298 g/mol. The van der Waals surface area contributed by atoms with Crippen LogP contribution in [-0.2, 0) is 17.6 Å². The largest absolute Gasteiger partial charge is 0.355 e. The van der Waals surface area contributed by atoms with Gasteiger partial charge in [-0.1, -0.05) is 23.7 Å². The number of benzene rings is 1. The molecule has 1 aliphatic carbocycles. The molecule has 0 saturated carbocycles. The molecule has 1 aliphatic rings. The number of halogens is 1. The number of nitrogens with one attached hydrogen (secondary N) is 2. The Morgan fingerprint density at radius 3 is 3.00 bits per heavy atom. The number of aryl methyl sites for hydroxylation is 2. The fourth-order valence-electron chi connectivity index (χ4n) is 2.98. The normalized spacial score (nSPS) is 17.0. The van der Waals surface area contributed by atoms with E-state index in [1.54, 1.807) is 6.33 Å². The van der Waals surface area contributed by atoms with Crippen LogP contribution in [0.3, 0.4) is 0 Å². The number of hydrogen-bond donors (Lipinski definition) is 2. The van der Waals surface area contributed by atoms with Gasteiger partial charge in [-0.3, -0.25) is 4.79 Å². The standard InChI is InChI=1S/C17H20ClN3O/c18-14-7-4-12(5-8-14)6-9-16(22)19-10-13-2-1-3-15-17(13)21-11-20-15/h4-5,7-8,11,13H,1-3,6,9-10H2,(H,19,22)(H,20,21). The van der Waals surface area contributed by atoms with E-state index in [4.69, 9.17) is 11.6 Å². The highest BCUT2D eigenvalue weighted by molar-refractivity contribution is 6.30. The van der Waals surface area contributed by atoms with E-state index in [1.807, 2.05) is 24.3 Å². The molecule has 0 bridgehead atoms. The summed E-state index contributed by atoms with van der Waals surface area (Å²) in [4.78, 5) is 19.6. The fraction of sp³-hybridized carbons (Fsp3) is 0.412. The summed E-state index contributed by atoms with van der Waals surface area (Å²) in [6, 6.07) is 7.64. The van der Waals surface area contributed by atoms with E-state index in [9.17, 15) is 4.79 Å². The minimum Gasteiger partial charge on any atom is -0.355 e. The van der Waals surface area contributed by atoms with Crippen molar-refractivity contribution in [2.45, 2.75) is 38.0 Å². The maximum Gasteiger partial charge on any atom is 0.220 e. The Kier molecular flexibility index (Phi) is 4.78. The molecule has 1 unspecified atom stereocenters. The third kappa shape index (κ3) is 3.69. The summed E-state index contributed by atoms with van der Waals surface area (Å²) in [6.07, 6.45) is 6.31. The van der Waals surface area contributed by atoms with Gasteiger partial charge in [-0.05, 0) is 43.4 Å². The van der Waals surface area contributed by atoms with Crippen molar-refractivity contribution >= 4 is 17.5 Å². The smallest absolute Gasteiger partial charge is 0.220 e. The van der Waals surface area contributed by atoms with Gasteiger partial charge in [-0.15, -0.1) is 0 Å². The van der Waals surface area contributed by atoms with Gasteiger partial charge in [0.1, 0.15) is 0 Å². The van der Waals surface area contributed by atoms with Crippen LogP contribution >= 0.6 is 11.6 Å². The molecule has 5 heteroatoms. The van der Waals surface area contributed by atoms with Gasteiger partial charge in [0, 0.05) is 29.6 Å². The molecule has 0 aliphatic heterocycles. The molecule has 1 aromatic heterocycles. The van der Waals surface area contributed by atoms with Gasteiger partial charge in [-0.25, -0.2) is 4.98 Å². The van der Waals surface area contributed by atoms with Crippen molar-refractivity contribution in [3.63, 3.8) is 0 Å². The quantitative estimate of drug-likeness (QED) is 0.889. The summed E-state index contributed by atoms with van der Waals surface area (Å²) in [5.74, 6) is 0.437. The first-order valence-corrected chi connectivity index (χ1v) is 8.13. The van der Waals surface area contributed by atoms with Gasteiger partial charge in [0.2, 0.25) is 5.91 Å². The first-order valence-electron chi connectivity index (χ1n) is 7.75. The minimum absolute atomic E-state index is 0.0950. The van der Waals surface area contributed by atoms with E-state index in [0.717, 1.165) is 42.0 Å². The number of amides is 1. The molecule has 2 N–H and O–H groups in total. The lowest BCUT2D eigenvalue weighted by Crippen LogP contribution is -2.30. The lowest BCUT2D eigenvalue weighted by atomic mass is 9.90. The third-order valence-electron chi connectivity index (χ3n) is 4.22. The number of carbonyl (C=O) groups is 1. The van der Waals surface area contributed by atoms with Crippen LogP contribution in [0.25, 0.3) is 0 Å². The first kappa shape index (κ1) is 15.1. The van der Waals surface area contributed by atoms with Gasteiger partial charge in [0.25, 0.3) is 0 Å². The molecule has 1 amide bonds. The second-order valence-corrected chi connectivity index (χ2v) is 6.22. The maximum absolute atomic E-state index is 12.0. The Morgan fingerprint density at radius 2 is 2.18 bits per heavy atom. The Bertz CT molecular complexity index is 636. The zero-order valence-electron chi connectivity index (χ0n) is 12.4. The summed E-state index contributed by atoms with van der Waals surface area (Å²) in [5, 5.41) is 3.77. The monoisotopic (exact) mass is 317 g/mol. The van der Waals surface area contributed by atoms with E-state index in [-0.39, 0.29) is 5.91 Å². The van der Waals surface area contributed by atoms with Gasteiger partial charge in [0.05, 0.1) is 12.0 Å². The first-order chi connectivity index (χ1) is 10.7. The Balaban J connectivity index is 1.46. The third-order valence-corrected chi connectivity index (χ3v) is 4.47. The van der Waals surface area contributed by atoms with Crippen molar-refractivity contribution in [1.29, 1.82) is 0 Å².